The van der Waals surface area contributed by atoms with Crippen LogP contribution in [0, 0.1) is 11.8 Å². The summed E-state index contributed by atoms with van der Waals surface area (Å²) in [5.74, 6) is 0.877. The van der Waals surface area contributed by atoms with E-state index in [2.05, 4.69) is 20.8 Å². The van der Waals surface area contributed by atoms with Crippen LogP contribution in [0.3, 0.4) is 0 Å². The Morgan fingerprint density at radius 1 is 1.31 bits per heavy atom. The predicted molar refractivity (Wildman–Crippen MR) is 56.5 cm³/mol. The summed E-state index contributed by atoms with van der Waals surface area (Å²) in [5, 5.41) is 0. The highest BCUT2D eigenvalue weighted by Gasteiger charge is 2.20. The van der Waals surface area contributed by atoms with E-state index in [0.29, 0.717) is 5.92 Å². The highest BCUT2D eigenvalue weighted by atomic mass is 16.1. The third kappa shape index (κ3) is 5.04. The monoisotopic (exact) mass is 185 g/mol. The first-order valence-corrected chi connectivity index (χ1v) is 5.28. The molecule has 0 aromatic carbocycles. The van der Waals surface area contributed by atoms with Crippen LogP contribution in [0.5, 0.6) is 0 Å². The molecule has 2 atom stereocenters. The Kier molecular flexibility index (Phi) is 5.97. The summed E-state index contributed by atoms with van der Waals surface area (Å²) < 4.78 is 0. The van der Waals surface area contributed by atoms with Crippen LogP contribution in [0.15, 0.2) is 0 Å². The van der Waals surface area contributed by atoms with Crippen molar-refractivity contribution in [3.8, 4) is 0 Å². The van der Waals surface area contributed by atoms with E-state index in [9.17, 15) is 4.79 Å². The average Bonchev–Trinajstić information content (AvgIpc) is 2.02. The van der Waals surface area contributed by atoms with Crippen LogP contribution in [-0.2, 0) is 4.79 Å². The Balaban J connectivity index is 3.94. The second-order valence-corrected chi connectivity index (χ2v) is 4.33. The molecule has 78 valence electrons. The van der Waals surface area contributed by atoms with Crippen molar-refractivity contribution in [1.82, 2.24) is 0 Å². The predicted octanol–water partition coefficient (Wildman–Crippen LogP) is 2.37. The zero-order chi connectivity index (χ0) is 10.4. The van der Waals surface area contributed by atoms with E-state index < -0.39 is 0 Å². The lowest BCUT2D eigenvalue weighted by atomic mass is 9.91. The first-order valence-electron chi connectivity index (χ1n) is 5.28. The Morgan fingerprint density at radius 2 is 1.85 bits per heavy atom. The molecule has 0 saturated heterocycles. The van der Waals surface area contributed by atoms with Crippen molar-refractivity contribution in [2.75, 3.05) is 0 Å². The molecule has 0 rings (SSSR count). The standard InChI is InChI=1S/C11H23NO/c1-5-6-9(4)11(13)10(12)7-8(2)3/h8-10H,5-7,12H2,1-4H3. The summed E-state index contributed by atoms with van der Waals surface area (Å²) >= 11 is 0. The summed E-state index contributed by atoms with van der Waals surface area (Å²) in [7, 11) is 0. The number of hydrogen-bond acceptors (Lipinski definition) is 2. The largest absolute Gasteiger partial charge is 0.321 e. The summed E-state index contributed by atoms with van der Waals surface area (Å²) in [6, 6.07) is -0.249. The van der Waals surface area contributed by atoms with Crippen molar-refractivity contribution in [2.45, 2.75) is 53.0 Å². The van der Waals surface area contributed by atoms with E-state index in [0.717, 1.165) is 19.3 Å². The van der Waals surface area contributed by atoms with Gasteiger partial charge in [0.15, 0.2) is 5.78 Å². The minimum Gasteiger partial charge on any atom is -0.321 e. The smallest absolute Gasteiger partial charge is 0.152 e. The molecule has 0 fully saturated rings. The molecule has 0 aliphatic rings. The summed E-state index contributed by atoms with van der Waals surface area (Å²) in [6.45, 7) is 8.26. The molecule has 0 bridgehead atoms. The van der Waals surface area contributed by atoms with Crippen molar-refractivity contribution < 1.29 is 4.79 Å². The number of carbonyl (C=O) groups excluding carboxylic acids is 1. The molecule has 0 heterocycles. The van der Waals surface area contributed by atoms with E-state index in [1.165, 1.54) is 0 Å². The average molecular weight is 185 g/mol. The summed E-state index contributed by atoms with van der Waals surface area (Å²) in [4.78, 5) is 11.6. The lowest BCUT2D eigenvalue weighted by molar-refractivity contribution is -0.124. The second kappa shape index (κ2) is 6.14. The van der Waals surface area contributed by atoms with Crippen LogP contribution < -0.4 is 5.73 Å². The molecule has 0 aliphatic carbocycles. The van der Waals surface area contributed by atoms with E-state index in [-0.39, 0.29) is 17.7 Å². The van der Waals surface area contributed by atoms with Gasteiger partial charge in [-0.2, -0.15) is 0 Å². The van der Waals surface area contributed by atoms with Gasteiger partial charge < -0.3 is 5.73 Å². The summed E-state index contributed by atoms with van der Waals surface area (Å²) in [5.41, 5.74) is 5.80. The minimum atomic E-state index is -0.249. The Hall–Kier alpha value is -0.370. The van der Waals surface area contributed by atoms with Gasteiger partial charge in [0.1, 0.15) is 0 Å². The number of rotatable bonds is 6. The normalized spacial score (nSPS) is 15.8. The van der Waals surface area contributed by atoms with E-state index >= 15 is 0 Å². The first kappa shape index (κ1) is 12.6. The lowest BCUT2D eigenvalue weighted by Gasteiger charge is -2.17. The molecule has 0 aliphatic heterocycles. The maximum absolute atomic E-state index is 11.6. The van der Waals surface area contributed by atoms with Gasteiger partial charge in [-0.3, -0.25) is 4.79 Å². The SMILES string of the molecule is CCCC(C)C(=O)C(N)CC(C)C. The van der Waals surface area contributed by atoms with Gasteiger partial charge in [0.05, 0.1) is 6.04 Å². The highest BCUT2D eigenvalue weighted by molar-refractivity contribution is 5.85. The molecule has 0 aromatic heterocycles. The van der Waals surface area contributed by atoms with Crippen molar-refractivity contribution >= 4 is 5.78 Å². The van der Waals surface area contributed by atoms with Crippen molar-refractivity contribution in [2.24, 2.45) is 17.6 Å². The molecule has 2 N–H and O–H groups in total. The first-order chi connectivity index (χ1) is 5.99. The molecule has 2 heteroatoms. The molecule has 0 aromatic rings. The number of hydrogen-bond donors (Lipinski definition) is 1. The van der Waals surface area contributed by atoms with Crippen LogP contribution in [0.4, 0.5) is 0 Å². The third-order valence-corrected chi connectivity index (χ3v) is 2.30. The maximum Gasteiger partial charge on any atom is 0.152 e. The van der Waals surface area contributed by atoms with Gasteiger partial charge in [0, 0.05) is 5.92 Å². The lowest BCUT2D eigenvalue weighted by Crippen LogP contribution is -2.35. The Labute approximate surface area is 81.9 Å². The molecule has 0 saturated carbocycles. The Morgan fingerprint density at radius 3 is 2.23 bits per heavy atom. The zero-order valence-corrected chi connectivity index (χ0v) is 9.34. The van der Waals surface area contributed by atoms with Gasteiger partial charge in [-0.15, -0.1) is 0 Å². The maximum atomic E-state index is 11.6. The van der Waals surface area contributed by atoms with Crippen molar-refractivity contribution in [3.05, 3.63) is 0 Å². The highest BCUT2D eigenvalue weighted by Crippen LogP contribution is 2.12. The topological polar surface area (TPSA) is 43.1 Å². The number of nitrogens with two attached hydrogens (primary N) is 1. The fourth-order valence-corrected chi connectivity index (χ4v) is 1.56. The number of Topliss-reactive ketones (excluding diaryl/α,β-unsaturated/α-hetero) is 1. The third-order valence-electron chi connectivity index (χ3n) is 2.30. The van der Waals surface area contributed by atoms with E-state index in [1.807, 2.05) is 6.92 Å². The Bertz CT molecular complexity index is 154. The van der Waals surface area contributed by atoms with Crippen molar-refractivity contribution in [3.63, 3.8) is 0 Å². The molecule has 0 spiro atoms. The fraction of sp³-hybridized carbons (Fsp3) is 0.909. The second-order valence-electron chi connectivity index (χ2n) is 4.33. The molecule has 2 nitrogen and oxygen atoms in total. The molecule has 0 amide bonds. The fourth-order valence-electron chi connectivity index (χ4n) is 1.56. The van der Waals surface area contributed by atoms with E-state index in [1.54, 1.807) is 0 Å². The zero-order valence-electron chi connectivity index (χ0n) is 9.34. The number of carbonyl (C=O) groups is 1. The van der Waals surface area contributed by atoms with Crippen LogP contribution >= 0.6 is 0 Å². The quantitative estimate of drug-likeness (QED) is 0.690. The molecular weight excluding hydrogens is 162 g/mol. The number of ketones is 1. The molecular formula is C11H23NO. The van der Waals surface area contributed by atoms with Gasteiger partial charge in [0.25, 0.3) is 0 Å². The van der Waals surface area contributed by atoms with Crippen LogP contribution in [-0.4, -0.2) is 11.8 Å². The van der Waals surface area contributed by atoms with Gasteiger partial charge in [-0.25, -0.2) is 0 Å². The molecule has 0 radical (unpaired) electrons. The van der Waals surface area contributed by atoms with Crippen molar-refractivity contribution in [1.29, 1.82) is 0 Å². The van der Waals surface area contributed by atoms with Gasteiger partial charge in [-0.05, 0) is 18.8 Å². The van der Waals surface area contributed by atoms with Crippen LogP contribution in [0.25, 0.3) is 0 Å². The van der Waals surface area contributed by atoms with E-state index in [4.69, 9.17) is 5.73 Å². The minimum absolute atomic E-state index is 0.138. The van der Waals surface area contributed by atoms with Crippen LogP contribution in [0.2, 0.25) is 0 Å². The van der Waals surface area contributed by atoms with Gasteiger partial charge in [0.2, 0.25) is 0 Å². The molecule has 13 heavy (non-hydrogen) atoms. The van der Waals surface area contributed by atoms with Crippen LogP contribution in [0.1, 0.15) is 47.0 Å². The van der Waals surface area contributed by atoms with Gasteiger partial charge in [-0.1, -0.05) is 34.1 Å². The summed E-state index contributed by atoms with van der Waals surface area (Å²) in [6.07, 6.45) is 2.83. The molecule has 2 unspecified atom stereocenters. The van der Waals surface area contributed by atoms with Gasteiger partial charge >= 0.3 is 0 Å².